The average Bonchev–Trinajstić information content (AvgIpc) is 3.05. The molecular formula is C17H28N4O2. The SMILES string of the molecule is CCNC(=NCc1ncc(C)c(OC)c1C)NCC1CCCO1. The number of aliphatic imine (C=N–C) groups is 1. The van der Waals surface area contributed by atoms with Crippen LogP contribution in [0.4, 0.5) is 0 Å². The quantitative estimate of drug-likeness (QED) is 0.619. The van der Waals surface area contributed by atoms with E-state index in [9.17, 15) is 0 Å². The summed E-state index contributed by atoms with van der Waals surface area (Å²) in [6.07, 6.45) is 4.39. The molecule has 1 aliphatic rings. The van der Waals surface area contributed by atoms with Crippen molar-refractivity contribution in [3.05, 3.63) is 23.0 Å². The normalized spacial score (nSPS) is 18.1. The lowest BCUT2D eigenvalue weighted by atomic mass is 10.1. The second-order valence-corrected chi connectivity index (χ2v) is 5.76. The van der Waals surface area contributed by atoms with Gasteiger partial charge in [0.25, 0.3) is 0 Å². The Morgan fingerprint density at radius 1 is 1.43 bits per heavy atom. The maximum Gasteiger partial charge on any atom is 0.191 e. The molecule has 0 aliphatic carbocycles. The van der Waals surface area contributed by atoms with Crippen LogP contribution in [0.15, 0.2) is 11.2 Å². The molecule has 0 radical (unpaired) electrons. The van der Waals surface area contributed by atoms with Crippen molar-refractivity contribution in [3.8, 4) is 5.75 Å². The number of nitrogens with one attached hydrogen (secondary N) is 2. The molecule has 128 valence electrons. The van der Waals surface area contributed by atoms with Crippen LogP contribution in [0.2, 0.25) is 0 Å². The zero-order valence-corrected chi connectivity index (χ0v) is 14.6. The van der Waals surface area contributed by atoms with Gasteiger partial charge in [-0.3, -0.25) is 4.98 Å². The van der Waals surface area contributed by atoms with Crippen molar-refractivity contribution in [1.82, 2.24) is 15.6 Å². The molecule has 1 aromatic rings. The second-order valence-electron chi connectivity index (χ2n) is 5.76. The Bertz CT molecular complexity index is 540. The van der Waals surface area contributed by atoms with E-state index in [0.717, 1.165) is 61.1 Å². The van der Waals surface area contributed by atoms with Gasteiger partial charge in [-0.25, -0.2) is 4.99 Å². The highest BCUT2D eigenvalue weighted by Gasteiger charge is 2.15. The van der Waals surface area contributed by atoms with Crippen molar-refractivity contribution in [2.75, 3.05) is 26.8 Å². The van der Waals surface area contributed by atoms with E-state index < -0.39 is 0 Å². The number of ether oxygens (including phenoxy) is 2. The summed E-state index contributed by atoms with van der Waals surface area (Å²) >= 11 is 0. The van der Waals surface area contributed by atoms with Crippen LogP contribution in [0.3, 0.4) is 0 Å². The van der Waals surface area contributed by atoms with Crippen LogP contribution >= 0.6 is 0 Å². The van der Waals surface area contributed by atoms with Crippen LogP contribution in [-0.4, -0.2) is 43.9 Å². The molecule has 6 nitrogen and oxygen atoms in total. The standard InChI is InChI=1S/C17H28N4O2/c1-5-18-17(20-10-14-7-6-8-23-14)21-11-15-13(3)16(22-4)12(2)9-19-15/h9,14H,5-8,10-11H2,1-4H3,(H2,18,20,21). The van der Waals surface area contributed by atoms with Gasteiger partial charge in [0.2, 0.25) is 0 Å². The van der Waals surface area contributed by atoms with Gasteiger partial charge in [-0.1, -0.05) is 0 Å². The van der Waals surface area contributed by atoms with Gasteiger partial charge in [-0.05, 0) is 33.6 Å². The van der Waals surface area contributed by atoms with Gasteiger partial charge in [0, 0.05) is 37.0 Å². The smallest absolute Gasteiger partial charge is 0.191 e. The van der Waals surface area contributed by atoms with Gasteiger partial charge in [-0.2, -0.15) is 0 Å². The van der Waals surface area contributed by atoms with E-state index in [-0.39, 0.29) is 6.10 Å². The summed E-state index contributed by atoms with van der Waals surface area (Å²) < 4.78 is 11.1. The van der Waals surface area contributed by atoms with Gasteiger partial charge < -0.3 is 20.1 Å². The molecule has 0 saturated carbocycles. The van der Waals surface area contributed by atoms with E-state index in [2.05, 4.69) is 27.5 Å². The van der Waals surface area contributed by atoms with Crippen LogP contribution < -0.4 is 15.4 Å². The zero-order chi connectivity index (χ0) is 16.7. The highest BCUT2D eigenvalue weighted by Crippen LogP contribution is 2.24. The fourth-order valence-corrected chi connectivity index (χ4v) is 2.74. The van der Waals surface area contributed by atoms with E-state index in [1.807, 2.05) is 20.0 Å². The number of guanidine groups is 1. The van der Waals surface area contributed by atoms with Gasteiger partial charge in [0.1, 0.15) is 5.75 Å². The Labute approximate surface area is 138 Å². The van der Waals surface area contributed by atoms with Gasteiger partial charge in [0.05, 0.1) is 25.5 Å². The first-order valence-corrected chi connectivity index (χ1v) is 8.28. The molecule has 2 N–H and O–H groups in total. The number of methoxy groups -OCH3 is 1. The number of rotatable bonds is 6. The molecule has 1 aromatic heterocycles. The van der Waals surface area contributed by atoms with Gasteiger partial charge >= 0.3 is 0 Å². The maximum absolute atomic E-state index is 5.63. The minimum Gasteiger partial charge on any atom is -0.496 e. The minimum absolute atomic E-state index is 0.290. The van der Waals surface area contributed by atoms with E-state index in [1.54, 1.807) is 7.11 Å². The summed E-state index contributed by atoms with van der Waals surface area (Å²) in [6.45, 7) is 9.07. The molecule has 2 rings (SSSR count). The van der Waals surface area contributed by atoms with Gasteiger partial charge in [-0.15, -0.1) is 0 Å². The van der Waals surface area contributed by atoms with Crippen LogP contribution in [-0.2, 0) is 11.3 Å². The molecule has 6 heteroatoms. The third-order valence-electron chi connectivity index (χ3n) is 4.00. The van der Waals surface area contributed by atoms with E-state index in [0.29, 0.717) is 6.54 Å². The topological polar surface area (TPSA) is 67.8 Å². The molecule has 0 amide bonds. The van der Waals surface area contributed by atoms with E-state index in [4.69, 9.17) is 9.47 Å². The van der Waals surface area contributed by atoms with Crippen LogP contribution in [0.5, 0.6) is 5.75 Å². The lowest BCUT2D eigenvalue weighted by Crippen LogP contribution is -2.41. The Morgan fingerprint density at radius 2 is 2.26 bits per heavy atom. The van der Waals surface area contributed by atoms with Crippen LogP contribution in [0.1, 0.15) is 36.6 Å². The summed E-state index contributed by atoms with van der Waals surface area (Å²) in [5.41, 5.74) is 3.02. The number of hydrogen-bond acceptors (Lipinski definition) is 4. The number of pyridine rings is 1. The molecule has 0 aromatic carbocycles. The number of aryl methyl sites for hydroxylation is 1. The third kappa shape index (κ3) is 4.82. The first kappa shape index (κ1) is 17.5. The Kier molecular flexibility index (Phi) is 6.65. The lowest BCUT2D eigenvalue weighted by molar-refractivity contribution is 0.114. The van der Waals surface area contributed by atoms with Crippen molar-refractivity contribution in [2.45, 2.75) is 46.3 Å². The number of nitrogens with zero attached hydrogens (tertiary/aromatic N) is 2. The molecule has 2 heterocycles. The highest BCUT2D eigenvalue weighted by molar-refractivity contribution is 5.79. The molecule has 23 heavy (non-hydrogen) atoms. The van der Waals surface area contributed by atoms with Crippen LogP contribution in [0.25, 0.3) is 0 Å². The molecule has 0 spiro atoms. The summed E-state index contributed by atoms with van der Waals surface area (Å²) in [4.78, 5) is 9.12. The molecule has 0 bridgehead atoms. The molecule has 1 aliphatic heterocycles. The summed E-state index contributed by atoms with van der Waals surface area (Å²) in [5.74, 6) is 1.69. The second kappa shape index (κ2) is 8.72. The number of aromatic nitrogens is 1. The lowest BCUT2D eigenvalue weighted by Gasteiger charge is -2.15. The minimum atomic E-state index is 0.290. The fourth-order valence-electron chi connectivity index (χ4n) is 2.74. The molecule has 1 fully saturated rings. The van der Waals surface area contributed by atoms with Crippen molar-refractivity contribution >= 4 is 5.96 Å². The summed E-state index contributed by atoms with van der Waals surface area (Å²) in [6, 6.07) is 0. The van der Waals surface area contributed by atoms with Crippen LogP contribution in [0, 0.1) is 13.8 Å². The molecule has 1 saturated heterocycles. The Morgan fingerprint density at radius 3 is 2.91 bits per heavy atom. The van der Waals surface area contributed by atoms with E-state index in [1.165, 1.54) is 0 Å². The van der Waals surface area contributed by atoms with Crippen molar-refractivity contribution < 1.29 is 9.47 Å². The maximum atomic E-state index is 5.63. The predicted octanol–water partition coefficient (Wildman–Crippen LogP) is 1.94. The monoisotopic (exact) mass is 320 g/mol. The fraction of sp³-hybridized carbons (Fsp3) is 0.647. The number of hydrogen-bond donors (Lipinski definition) is 2. The summed E-state index contributed by atoms with van der Waals surface area (Å²) in [7, 11) is 1.69. The molecule has 1 atom stereocenters. The zero-order valence-electron chi connectivity index (χ0n) is 14.6. The average molecular weight is 320 g/mol. The van der Waals surface area contributed by atoms with E-state index >= 15 is 0 Å². The van der Waals surface area contributed by atoms with Crippen molar-refractivity contribution in [3.63, 3.8) is 0 Å². The first-order valence-electron chi connectivity index (χ1n) is 8.28. The predicted molar refractivity (Wildman–Crippen MR) is 92.1 cm³/mol. The van der Waals surface area contributed by atoms with Crippen molar-refractivity contribution in [2.24, 2.45) is 4.99 Å². The Hall–Kier alpha value is -1.82. The third-order valence-corrected chi connectivity index (χ3v) is 4.00. The summed E-state index contributed by atoms with van der Waals surface area (Å²) in [5, 5.41) is 6.61. The van der Waals surface area contributed by atoms with Crippen molar-refractivity contribution in [1.29, 1.82) is 0 Å². The largest absolute Gasteiger partial charge is 0.496 e. The molecule has 1 unspecified atom stereocenters. The van der Waals surface area contributed by atoms with Gasteiger partial charge in [0.15, 0.2) is 5.96 Å². The highest BCUT2D eigenvalue weighted by atomic mass is 16.5. The molecular weight excluding hydrogens is 292 g/mol. The Balaban J connectivity index is 2.01. The first-order chi connectivity index (χ1) is 11.2.